The van der Waals surface area contributed by atoms with E-state index in [2.05, 4.69) is 4.98 Å². The lowest BCUT2D eigenvalue weighted by molar-refractivity contribution is -0.141. The highest BCUT2D eigenvalue weighted by Crippen LogP contribution is 2.45. The maximum absolute atomic E-state index is 13.0. The lowest BCUT2D eigenvalue weighted by Crippen LogP contribution is -2.25. The van der Waals surface area contributed by atoms with E-state index < -0.39 is 11.9 Å². The number of fused-ring (bicyclic) bond motifs is 2. The molecule has 2 aliphatic rings. The van der Waals surface area contributed by atoms with Gasteiger partial charge >= 0.3 is 6.18 Å². The van der Waals surface area contributed by atoms with Crippen LogP contribution in [-0.4, -0.2) is 31.1 Å². The zero-order valence-electron chi connectivity index (χ0n) is 14.8. The number of nitrogens with zero attached hydrogens (tertiary/aromatic N) is 1. The van der Waals surface area contributed by atoms with E-state index >= 15 is 0 Å². The van der Waals surface area contributed by atoms with Crippen molar-refractivity contribution in [3.05, 3.63) is 29.1 Å². The molecule has 144 valence electrons. The summed E-state index contributed by atoms with van der Waals surface area (Å²) in [5.74, 6) is 0.948. The first kappa shape index (κ1) is 19.3. The molecular formula is C19H24F3NO3. The van der Waals surface area contributed by atoms with Gasteiger partial charge in [-0.2, -0.15) is 13.2 Å². The largest absolute Gasteiger partial charge is 0.433 e. The topological polar surface area (TPSA) is 48.4 Å². The fourth-order valence-corrected chi connectivity index (χ4v) is 4.25. The van der Waals surface area contributed by atoms with E-state index in [0.717, 1.165) is 31.7 Å². The molecule has 26 heavy (non-hydrogen) atoms. The van der Waals surface area contributed by atoms with Gasteiger partial charge in [-0.05, 0) is 43.2 Å². The van der Waals surface area contributed by atoms with Gasteiger partial charge in [-0.25, -0.2) is 4.98 Å². The molecule has 0 saturated heterocycles. The Labute approximate surface area is 151 Å². The van der Waals surface area contributed by atoms with E-state index in [1.807, 2.05) is 0 Å². The number of ether oxygens (including phenoxy) is 2. The van der Waals surface area contributed by atoms with Crippen LogP contribution in [0.4, 0.5) is 13.2 Å². The molecule has 7 heteroatoms. The minimum atomic E-state index is -4.55. The van der Waals surface area contributed by atoms with E-state index in [0.29, 0.717) is 18.4 Å². The first-order valence-corrected chi connectivity index (χ1v) is 9.06. The standard InChI is InChI=1S/C19H24F3NO3/c1-25-6-7-26-11-16-15(4-5-17(23-16)19(20,21)22)18(24)14-9-12-2-3-13(8-12)10-14/h4-5,12-14H,2-3,6-11H2,1H3. The summed E-state index contributed by atoms with van der Waals surface area (Å²) in [5.41, 5.74) is -0.663. The van der Waals surface area contributed by atoms with Gasteiger partial charge in [-0.3, -0.25) is 4.79 Å². The monoisotopic (exact) mass is 371 g/mol. The Morgan fingerprint density at radius 1 is 1.15 bits per heavy atom. The highest BCUT2D eigenvalue weighted by Gasteiger charge is 2.39. The minimum Gasteiger partial charge on any atom is -0.382 e. The number of Topliss-reactive ketones (excluding diaryl/α,β-unsaturated/α-hetero) is 1. The second-order valence-electron chi connectivity index (χ2n) is 7.31. The summed E-state index contributed by atoms with van der Waals surface area (Å²) < 4.78 is 49.2. The number of alkyl halides is 3. The Bertz CT molecular complexity index is 635. The van der Waals surface area contributed by atoms with Crippen LogP contribution in [0.2, 0.25) is 0 Å². The molecule has 0 amide bonds. The van der Waals surface area contributed by atoms with E-state index in [1.165, 1.54) is 19.6 Å². The quantitative estimate of drug-likeness (QED) is 0.530. The fourth-order valence-electron chi connectivity index (χ4n) is 4.25. The molecule has 2 fully saturated rings. The lowest BCUT2D eigenvalue weighted by atomic mass is 9.77. The van der Waals surface area contributed by atoms with E-state index in [9.17, 15) is 18.0 Å². The van der Waals surface area contributed by atoms with Crippen LogP contribution in [-0.2, 0) is 22.3 Å². The van der Waals surface area contributed by atoms with Crippen LogP contribution in [0.15, 0.2) is 12.1 Å². The summed E-state index contributed by atoms with van der Waals surface area (Å²) in [6.07, 6.45) is 0.620. The van der Waals surface area contributed by atoms with Crippen molar-refractivity contribution in [2.75, 3.05) is 20.3 Å². The number of halogens is 3. The fraction of sp³-hybridized carbons (Fsp3) is 0.684. The Kier molecular flexibility index (Phi) is 5.97. The van der Waals surface area contributed by atoms with Crippen molar-refractivity contribution in [1.29, 1.82) is 0 Å². The maximum atomic E-state index is 13.0. The summed E-state index contributed by atoms with van der Waals surface area (Å²) >= 11 is 0. The van der Waals surface area contributed by atoms with Crippen molar-refractivity contribution in [2.24, 2.45) is 17.8 Å². The highest BCUT2D eigenvalue weighted by molar-refractivity contribution is 5.98. The Morgan fingerprint density at radius 2 is 1.85 bits per heavy atom. The van der Waals surface area contributed by atoms with Gasteiger partial charge < -0.3 is 9.47 Å². The number of hydrogen-bond donors (Lipinski definition) is 0. The normalized spacial score (nSPS) is 25.5. The Balaban J connectivity index is 1.80. The number of methoxy groups -OCH3 is 1. The molecule has 2 atom stereocenters. The third-order valence-corrected chi connectivity index (χ3v) is 5.46. The van der Waals surface area contributed by atoms with Gasteiger partial charge in [0.15, 0.2) is 5.78 Å². The summed E-state index contributed by atoms with van der Waals surface area (Å²) in [4.78, 5) is 16.7. The van der Waals surface area contributed by atoms with Crippen molar-refractivity contribution in [1.82, 2.24) is 4.98 Å². The van der Waals surface area contributed by atoms with Crippen molar-refractivity contribution >= 4 is 5.78 Å². The molecular weight excluding hydrogens is 347 g/mol. The molecule has 3 rings (SSSR count). The van der Waals surface area contributed by atoms with Crippen LogP contribution in [0, 0.1) is 17.8 Å². The number of pyridine rings is 1. The average molecular weight is 371 g/mol. The summed E-state index contributed by atoms with van der Waals surface area (Å²) in [7, 11) is 1.51. The molecule has 2 aliphatic carbocycles. The molecule has 0 N–H and O–H groups in total. The average Bonchev–Trinajstić information content (AvgIpc) is 2.95. The van der Waals surface area contributed by atoms with Gasteiger partial charge in [0.2, 0.25) is 0 Å². The number of carbonyl (C=O) groups excluding carboxylic acids is 1. The lowest BCUT2D eigenvalue weighted by Gasteiger charge is -2.27. The predicted molar refractivity (Wildman–Crippen MR) is 88.7 cm³/mol. The molecule has 4 nitrogen and oxygen atoms in total. The first-order valence-electron chi connectivity index (χ1n) is 9.06. The third-order valence-electron chi connectivity index (χ3n) is 5.46. The minimum absolute atomic E-state index is 0.0684. The van der Waals surface area contributed by atoms with Crippen LogP contribution < -0.4 is 0 Å². The van der Waals surface area contributed by atoms with Crippen LogP contribution in [0.1, 0.15) is 53.8 Å². The molecule has 2 saturated carbocycles. The van der Waals surface area contributed by atoms with Crippen molar-refractivity contribution in [3.63, 3.8) is 0 Å². The Hall–Kier alpha value is -1.47. The van der Waals surface area contributed by atoms with E-state index in [4.69, 9.17) is 9.47 Å². The van der Waals surface area contributed by atoms with Crippen molar-refractivity contribution in [2.45, 2.75) is 44.9 Å². The number of ketones is 1. The van der Waals surface area contributed by atoms with Gasteiger partial charge in [0.1, 0.15) is 5.69 Å². The first-order chi connectivity index (χ1) is 12.4. The van der Waals surface area contributed by atoms with Gasteiger partial charge in [0.05, 0.1) is 25.5 Å². The molecule has 1 aromatic heterocycles. The summed E-state index contributed by atoms with van der Waals surface area (Å²) in [6.45, 7) is 0.428. The zero-order valence-corrected chi connectivity index (χ0v) is 14.8. The maximum Gasteiger partial charge on any atom is 0.433 e. The van der Waals surface area contributed by atoms with Gasteiger partial charge in [0, 0.05) is 18.6 Å². The second-order valence-corrected chi connectivity index (χ2v) is 7.31. The van der Waals surface area contributed by atoms with Crippen LogP contribution in [0.3, 0.4) is 0 Å². The van der Waals surface area contributed by atoms with Crippen molar-refractivity contribution in [3.8, 4) is 0 Å². The van der Waals surface area contributed by atoms with Crippen LogP contribution >= 0.6 is 0 Å². The molecule has 0 aromatic carbocycles. The molecule has 1 heterocycles. The molecule has 0 radical (unpaired) electrons. The second kappa shape index (κ2) is 8.05. The predicted octanol–water partition coefficient (Wildman–Crippen LogP) is 4.27. The smallest absolute Gasteiger partial charge is 0.382 e. The summed E-state index contributed by atoms with van der Waals surface area (Å²) in [6, 6.07) is 2.16. The third kappa shape index (κ3) is 4.43. The van der Waals surface area contributed by atoms with E-state index in [1.54, 1.807) is 0 Å². The van der Waals surface area contributed by atoms with E-state index in [-0.39, 0.29) is 36.2 Å². The van der Waals surface area contributed by atoms with Crippen LogP contribution in [0.5, 0.6) is 0 Å². The number of carbonyl (C=O) groups is 1. The molecule has 0 spiro atoms. The van der Waals surface area contributed by atoms with Gasteiger partial charge in [-0.15, -0.1) is 0 Å². The summed E-state index contributed by atoms with van der Waals surface area (Å²) in [5, 5.41) is 0. The highest BCUT2D eigenvalue weighted by atomic mass is 19.4. The van der Waals surface area contributed by atoms with Crippen molar-refractivity contribution < 1.29 is 27.4 Å². The Morgan fingerprint density at radius 3 is 2.46 bits per heavy atom. The molecule has 2 bridgehead atoms. The number of hydrogen-bond acceptors (Lipinski definition) is 4. The SMILES string of the molecule is COCCOCc1nc(C(F)(F)F)ccc1C(=O)C1CC2CCC(C2)C1. The van der Waals surface area contributed by atoms with Gasteiger partial charge in [0.25, 0.3) is 0 Å². The zero-order chi connectivity index (χ0) is 18.7. The van der Waals surface area contributed by atoms with Crippen LogP contribution in [0.25, 0.3) is 0 Å². The number of aromatic nitrogens is 1. The molecule has 0 aliphatic heterocycles. The number of rotatable bonds is 7. The molecule has 2 unspecified atom stereocenters. The van der Waals surface area contributed by atoms with Gasteiger partial charge in [-0.1, -0.05) is 12.8 Å². The molecule has 1 aromatic rings.